The highest BCUT2D eigenvalue weighted by molar-refractivity contribution is 5.30. The van der Waals surface area contributed by atoms with Gasteiger partial charge in [-0.1, -0.05) is 0 Å². The normalized spacial score (nSPS) is 21.6. The van der Waals surface area contributed by atoms with Crippen LogP contribution >= 0.6 is 0 Å². The number of ether oxygens (including phenoxy) is 1. The van der Waals surface area contributed by atoms with E-state index >= 15 is 0 Å². The van der Waals surface area contributed by atoms with Crippen LogP contribution in [0.2, 0.25) is 0 Å². The molecule has 0 spiro atoms. The van der Waals surface area contributed by atoms with E-state index < -0.39 is 5.92 Å². The molecule has 2 N–H and O–H groups in total. The van der Waals surface area contributed by atoms with E-state index in [4.69, 9.17) is 10.5 Å². The number of nitrogens with two attached hydrogens (primary N) is 1. The fraction of sp³-hybridized carbons (Fsp3) is 0.615. The van der Waals surface area contributed by atoms with Crippen molar-refractivity contribution in [2.24, 2.45) is 5.73 Å². The monoisotopic (exact) mass is 256 g/mol. The number of hydrogen-bond donors (Lipinski definition) is 1. The first-order valence-corrected chi connectivity index (χ1v) is 6.10. The van der Waals surface area contributed by atoms with E-state index in [9.17, 15) is 8.78 Å². The molecule has 0 atom stereocenters. The van der Waals surface area contributed by atoms with E-state index in [0.717, 1.165) is 5.56 Å². The van der Waals surface area contributed by atoms with Crippen LogP contribution in [0.25, 0.3) is 0 Å². The van der Waals surface area contributed by atoms with Gasteiger partial charge in [0.1, 0.15) is 0 Å². The molecule has 0 unspecified atom stereocenters. The summed E-state index contributed by atoms with van der Waals surface area (Å²) < 4.78 is 31.6. The second-order valence-corrected chi connectivity index (χ2v) is 4.93. The average molecular weight is 256 g/mol. The first-order chi connectivity index (χ1) is 8.51. The predicted molar refractivity (Wildman–Crippen MR) is 64.9 cm³/mol. The van der Waals surface area contributed by atoms with Gasteiger partial charge in [0.05, 0.1) is 7.11 Å². The molecule has 1 aliphatic rings. The zero-order valence-electron chi connectivity index (χ0n) is 10.5. The Hall–Kier alpha value is -1.23. The Kier molecular flexibility index (Phi) is 3.52. The highest BCUT2D eigenvalue weighted by Crippen LogP contribution is 2.45. The lowest BCUT2D eigenvalue weighted by Gasteiger charge is -2.39. The van der Waals surface area contributed by atoms with Gasteiger partial charge in [-0.2, -0.15) is 0 Å². The van der Waals surface area contributed by atoms with E-state index in [1.807, 2.05) is 6.07 Å². The fourth-order valence-electron chi connectivity index (χ4n) is 2.56. The van der Waals surface area contributed by atoms with Crippen LogP contribution in [0.3, 0.4) is 0 Å². The highest BCUT2D eigenvalue weighted by Gasteiger charge is 2.43. The van der Waals surface area contributed by atoms with E-state index in [1.165, 1.54) is 7.11 Å². The van der Waals surface area contributed by atoms with Gasteiger partial charge in [-0.15, -0.1) is 0 Å². The second-order valence-electron chi connectivity index (χ2n) is 4.93. The quantitative estimate of drug-likeness (QED) is 0.903. The second kappa shape index (κ2) is 4.80. The Morgan fingerprint density at radius 1 is 1.33 bits per heavy atom. The average Bonchev–Trinajstić information content (AvgIpc) is 2.39. The Morgan fingerprint density at radius 3 is 2.56 bits per heavy atom. The molecule has 18 heavy (non-hydrogen) atoms. The van der Waals surface area contributed by atoms with E-state index in [1.54, 1.807) is 12.3 Å². The summed E-state index contributed by atoms with van der Waals surface area (Å²) in [6.07, 6.45) is 2.25. The molecule has 3 nitrogen and oxygen atoms in total. The smallest absolute Gasteiger partial charge is 0.248 e. The number of methoxy groups -OCH3 is 1. The van der Waals surface area contributed by atoms with Crippen LogP contribution in [0, 0.1) is 0 Å². The largest absolute Gasteiger partial charge is 0.481 e. The lowest BCUT2D eigenvalue weighted by Crippen LogP contribution is -2.42. The summed E-state index contributed by atoms with van der Waals surface area (Å²) in [6, 6.07) is 3.65. The van der Waals surface area contributed by atoms with Crippen LogP contribution in [0.1, 0.15) is 31.2 Å². The molecule has 1 aliphatic carbocycles. The van der Waals surface area contributed by atoms with Gasteiger partial charge >= 0.3 is 0 Å². The van der Waals surface area contributed by atoms with Gasteiger partial charge in [-0.25, -0.2) is 13.8 Å². The molecule has 0 aliphatic heterocycles. The molecule has 100 valence electrons. The molecule has 0 radical (unpaired) electrons. The minimum Gasteiger partial charge on any atom is -0.481 e. The van der Waals surface area contributed by atoms with Crippen molar-refractivity contribution >= 4 is 0 Å². The molecule has 0 amide bonds. The maximum absolute atomic E-state index is 13.3. The molecular formula is C13H18F2N2O. The highest BCUT2D eigenvalue weighted by atomic mass is 19.3. The summed E-state index contributed by atoms with van der Waals surface area (Å²) in [5.74, 6) is -2.05. The minimum absolute atomic E-state index is 0.102. The van der Waals surface area contributed by atoms with Crippen LogP contribution in [-0.2, 0) is 5.41 Å². The van der Waals surface area contributed by atoms with E-state index in [-0.39, 0.29) is 18.3 Å². The molecule has 1 fully saturated rings. The molecule has 5 heteroatoms. The standard InChI is InChI=1S/C13H18F2N2O/c1-18-11-8-10(2-7-17-11)12(9-16)3-5-13(14,15)6-4-12/h2,7-8H,3-6,9,16H2,1H3. The maximum atomic E-state index is 13.3. The van der Waals surface area contributed by atoms with Crippen molar-refractivity contribution in [1.29, 1.82) is 0 Å². The van der Waals surface area contributed by atoms with Crippen molar-refractivity contribution in [1.82, 2.24) is 4.98 Å². The first kappa shape index (κ1) is 13.2. The van der Waals surface area contributed by atoms with E-state index in [0.29, 0.717) is 25.3 Å². The van der Waals surface area contributed by atoms with Crippen molar-refractivity contribution in [3.05, 3.63) is 23.9 Å². The molecule has 0 saturated heterocycles. The number of hydrogen-bond acceptors (Lipinski definition) is 3. The number of halogens is 2. The van der Waals surface area contributed by atoms with Crippen molar-refractivity contribution < 1.29 is 13.5 Å². The van der Waals surface area contributed by atoms with Crippen LogP contribution in [-0.4, -0.2) is 24.6 Å². The van der Waals surface area contributed by atoms with Gasteiger partial charge in [0.25, 0.3) is 0 Å². The van der Waals surface area contributed by atoms with Gasteiger partial charge in [0, 0.05) is 37.1 Å². The van der Waals surface area contributed by atoms with Crippen LogP contribution in [0.4, 0.5) is 8.78 Å². The molecule has 0 bridgehead atoms. The molecule has 0 aromatic carbocycles. The van der Waals surface area contributed by atoms with Crippen molar-refractivity contribution in [3.8, 4) is 5.88 Å². The van der Waals surface area contributed by atoms with Crippen LogP contribution in [0.15, 0.2) is 18.3 Å². The van der Waals surface area contributed by atoms with Gasteiger partial charge in [0.2, 0.25) is 11.8 Å². The van der Waals surface area contributed by atoms with Crippen molar-refractivity contribution in [2.45, 2.75) is 37.0 Å². The topological polar surface area (TPSA) is 48.1 Å². The Balaban J connectivity index is 2.27. The first-order valence-electron chi connectivity index (χ1n) is 6.10. The molecule has 1 heterocycles. The minimum atomic E-state index is -2.55. The van der Waals surface area contributed by atoms with Crippen molar-refractivity contribution in [2.75, 3.05) is 13.7 Å². The number of aromatic nitrogens is 1. The van der Waals surface area contributed by atoms with Gasteiger partial charge < -0.3 is 10.5 Å². The van der Waals surface area contributed by atoms with Crippen LogP contribution in [0.5, 0.6) is 5.88 Å². The fourth-order valence-corrected chi connectivity index (χ4v) is 2.56. The zero-order valence-corrected chi connectivity index (χ0v) is 10.5. The third-order valence-corrected chi connectivity index (χ3v) is 3.89. The number of pyridine rings is 1. The summed E-state index contributed by atoms with van der Waals surface area (Å²) in [4.78, 5) is 4.04. The zero-order chi connectivity index (χ0) is 13.2. The lowest BCUT2D eigenvalue weighted by molar-refractivity contribution is -0.0509. The molecular weight excluding hydrogens is 238 g/mol. The molecule has 2 rings (SSSR count). The van der Waals surface area contributed by atoms with Gasteiger partial charge in [-0.05, 0) is 24.5 Å². The van der Waals surface area contributed by atoms with Crippen LogP contribution < -0.4 is 10.5 Å². The summed E-state index contributed by atoms with van der Waals surface area (Å²) in [5, 5.41) is 0. The number of alkyl halides is 2. The molecule has 1 saturated carbocycles. The van der Waals surface area contributed by atoms with Gasteiger partial charge in [-0.3, -0.25) is 0 Å². The third kappa shape index (κ3) is 2.46. The van der Waals surface area contributed by atoms with E-state index in [2.05, 4.69) is 4.98 Å². The Labute approximate surface area is 105 Å². The van der Waals surface area contributed by atoms with Crippen molar-refractivity contribution in [3.63, 3.8) is 0 Å². The third-order valence-electron chi connectivity index (χ3n) is 3.89. The lowest BCUT2D eigenvalue weighted by atomic mass is 9.68. The van der Waals surface area contributed by atoms with Gasteiger partial charge in [0.15, 0.2) is 0 Å². The molecule has 1 aromatic rings. The number of nitrogens with zero attached hydrogens (tertiary/aromatic N) is 1. The summed E-state index contributed by atoms with van der Waals surface area (Å²) in [6.45, 7) is 0.371. The SMILES string of the molecule is COc1cc(C2(CN)CCC(F)(F)CC2)ccn1. The number of rotatable bonds is 3. The summed E-state index contributed by atoms with van der Waals surface area (Å²) in [7, 11) is 1.54. The maximum Gasteiger partial charge on any atom is 0.248 e. The Morgan fingerprint density at radius 2 is 2.00 bits per heavy atom. The summed E-state index contributed by atoms with van der Waals surface area (Å²) >= 11 is 0. The summed E-state index contributed by atoms with van der Waals surface area (Å²) in [5.41, 5.74) is 6.43. The molecule has 1 aromatic heterocycles. The predicted octanol–water partition coefficient (Wildman–Crippen LogP) is 2.50. The Bertz CT molecular complexity index is 413.